The highest BCUT2D eigenvalue weighted by atomic mass is 16.6. The maximum absolute atomic E-state index is 13.3. The third-order valence-corrected chi connectivity index (χ3v) is 5.40. The highest BCUT2D eigenvalue weighted by molar-refractivity contribution is 6.03. The molecule has 5 nitrogen and oxygen atoms in total. The molecule has 1 spiro atoms. The highest BCUT2D eigenvalue weighted by Crippen LogP contribution is 2.56. The predicted molar refractivity (Wildman–Crippen MR) is 92.9 cm³/mol. The zero-order valence-electron chi connectivity index (χ0n) is 14.1. The number of esters is 1. The van der Waals surface area contributed by atoms with Crippen LogP contribution in [-0.2, 0) is 19.1 Å². The van der Waals surface area contributed by atoms with Gasteiger partial charge in [-0.3, -0.25) is 9.59 Å². The van der Waals surface area contributed by atoms with Crippen molar-refractivity contribution in [2.45, 2.75) is 31.1 Å². The van der Waals surface area contributed by atoms with Gasteiger partial charge in [0, 0.05) is 5.69 Å². The molecule has 2 saturated heterocycles. The van der Waals surface area contributed by atoms with Gasteiger partial charge >= 0.3 is 5.97 Å². The molecule has 4 rings (SSSR count). The van der Waals surface area contributed by atoms with Crippen molar-refractivity contribution >= 4 is 17.6 Å². The molecule has 1 amide bonds. The Balaban J connectivity index is 1.79. The molecular formula is C20H21NO4. The molecule has 2 fully saturated rings. The van der Waals surface area contributed by atoms with E-state index >= 15 is 0 Å². The Morgan fingerprint density at radius 1 is 1.40 bits per heavy atom. The van der Waals surface area contributed by atoms with Crippen molar-refractivity contribution in [1.82, 2.24) is 0 Å². The lowest BCUT2D eigenvalue weighted by atomic mass is 9.74. The standard InChI is InChI=1S/C20H21NO4/c1-3-8-15-20-12-11-14(25-20)16(19(23)24-4-2)17(20)18(22)21(15)13-9-6-5-7-10-13/h3,5-7,9-12,14-17H,1,4,8H2,2H3/t14-,15?,16?,17-,20+/m0/s1. The Morgan fingerprint density at radius 2 is 2.16 bits per heavy atom. The van der Waals surface area contributed by atoms with Crippen molar-refractivity contribution in [1.29, 1.82) is 0 Å². The van der Waals surface area contributed by atoms with Crippen LogP contribution in [0.3, 0.4) is 0 Å². The number of hydrogen-bond donors (Lipinski definition) is 0. The summed E-state index contributed by atoms with van der Waals surface area (Å²) in [4.78, 5) is 27.6. The van der Waals surface area contributed by atoms with E-state index in [0.717, 1.165) is 5.69 Å². The van der Waals surface area contributed by atoms with Crippen LogP contribution in [0.5, 0.6) is 0 Å². The van der Waals surface area contributed by atoms with Gasteiger partial charge in [0.1, 0.15) is 11.5 Å². The van der Waals surface area contributed by atoms with E-state index in [-0.39, 0.29) is 24.5 Å². The van der Waals surface area contributed by atoms with Gasteiger partial charge in [-0.2, -0.15) is 0 Å². The van der Waals surface area contributed by atoms with Gasteiger partial charge in [0.05, 0.1) is 24.7 Å². The van der Waals surface area contributed by atoms with E-state index in [1.165, 1.54) is 0 Å². The smallest absolute Gasteiger partial charge is 0.312 e. The Hall–Kier alpha value is -2.40. The lowest BCUT2D eigenvalue weighted by molar-refractivity contribution is -0.151. The summed E-state index contributed by atoms with van der Waals surface area (Å²) < 4.78 is 11.5. The molecule has 5 heteroatoms. The summed E-state index contributed by atoms with van der Waals surface area (Å²) in [5.74, 6) is -1.57. The monoisotopic (exact) mass is 339 g/mol. The highest BCUT2D eigenvalue weighted by Gasteiger charge is 2.71. The fraction of sp³-hybridized carbons (Fsp3) is 0.400. The minimum absolute atomic E-state index is 0.0806. The van der Waals surface area contributed by atoms with Gasteiger partial charge in [0.25, 0.3) is 0 Å². The molecule has 25 heavy (non-hydrogen) atoms. The van der Waals surface area contributed by atoms with Crippen molar-refractivity contribution in [2.24, 2.45) is 11.8 Å². The van der Waals surface area contributed by atoms with Crippen LogP contribution in [-0.4, -0.2) is 36.2 Å². The first-order valence-corrected chi connectivity index (χ1v) is 8.67. The molecule has 1 aromatic rings. The minimum atomic E-state index is -0.788. The molecule has 2 unspecified atom stereocenters. The van der Waals surface area contributed by atoms with Crippen LogP contribution in [0.15, 0.2) is 55.1 Å². The number of ether oxygens (including phenoxy) is 2. The predicted octanol–water partition coefficient (Wildman–Crippen LogP) is 2.48. The van der Waals surface area contributed by atoms with Gasteiger partial charge in [-0.1, -0.05) is 36.4 Å². The van der Waals surface area contributed by atoms with Gasteiger partial charge in [0.15, 0.2) is 0 Å². The molecule has 0 saturated carbocycles. The van der Waals surface area contributed by atoms with E-state index in [0.29, 0.717) is 6.42 Å². The van der Waals surface area contributed by atoms with E-state index in [9.17, 15) is 9.59 Å². The van der Waals surface area contributed by atoms with E-state index < -0.39 is 23.5 Å². The maximum Gasteiger partial charge on any atom is 0.312 e. The molecule has 0 radical (unpaired) electrons. The van der Waals surface area contributed by atoms with Crippen LogP contribution in [0.4, 0.5) is 5.69 Å². The average molecular weight is 339 g/mol. The molecule has 3 heterocycles. The summed E-state index contributed by atoms with van der Waals surface area (Å²) in [6, 6.07) is 9.30. The van der Waals surface area contributed by atoms with Crippen LogP contribution in [0.25, 0.3) is 0 Å². The summed E-state index contributed by atoms with van der Waals surface area (Å²) in [6.45, 7) is 5.90. The first-order chi connectivity index (χ1) is 12.1. The fourth-order valence-electron chi connectivity index (χ4n) is 4.50. The molecule has 3 aliphatic rings. The summed E-state index contributed by atoms with van der Waals surface area (Å²) in [6.07, 6.45) is 5.86. The Labute approximate surface area is 146 Å². The van der Waals surface area contributed by atoms with Gasteiger partial charge in [-0.25, -0.2) is 0 Å². The Morgan fingerprint density at radius 3 is 2.84 bits per heavy atom. The number of carbonyl (C=O) groups is 2. The lowest BCUT2D eigenvalue weighted by Gasteiger charge is -2.32. The second kappa shape index (κ2) is 5.85. The topological polar surface area (TPSA) is 55.8 Å². The van der Waals surface area contributed by atoms with Gasteiger partial charge < -0.3 is 14.4 Å². The van der Waals surface area contributed by atoms with Crippen LogP contribution >= 0.6 is 0 Å². The molecule has 1 aromatic carbocycles. The SMILES string of the molecule is C=CCC1N(c2ccccc2)C(=O)[C@@H]2C(C(=O)OCC)[C@@H]3C=C[C@@]12O3. The molecule has 0 aliphatic carbocycles. The van der Waals surface area contributed by atoms with Gasteiger partial charge in [-0.15, -0.1) is 6.58 Å². The van der Waals surface area contributed by atoms with Crippen molar-refractivity contribution in [3.05, 3.63) is 55.1 Å². The van der Waals surface area contributed by atoms with E-state index in [1.54, 1.807) is 17.9 Å². The number of benzene rings is 1. The number of fused-ring (bicyclic) bond motifs is 1. The Kier molecular flexibility index (Phi) is 3.76. The van der Waals surface area contributed by atoms with Crippen LogP contribution in [0.1, 0.15) is 13.3 Å². The van der Waals surface area contributed by atoms with E-state index in [4.69, 9.17) is 9.47 Å². The molecule has 0 N–H and O–H groups in total. The molecule has 130 valence electrons. The van der Waals surface area contributed by atoms with Gasteiger partial charge in [-0.05, 0) is 25.5 Å². The number of carbonyl (C=O) groups excluding carboxylic acids is 2. The zero-order chi connectivity index (χ0) is 17.6. The quantitative estimate of drug-likeness (QED) is 0.611. The zero-order valence-corrected chi connectivity index (χ0v) is 14.1. The number of amides is 1. The van der Waals surface area contributed by atoms with Crippen LogP contribution in [0.2, 0.25) is 0 Å². The summed E-state index contributed by atoms with van der Waals surface area (Å²) in [7, 11) is 0. The second-order valence-electron chi connectivity index (χ2n) is 6.63. The molecule has 5 atom stereocenters. The van der Waals surface area contributed by atoms with Gasteiger partial charge in [0.2, 0.25) is 5.91 Å². The minimum Gasteiger partial charge on any atom is -0.466 e. The maximum atomic E-state index is 13.3. The van der Waals surface area contributed by atoms with Crippen molar-refractivity contribution in [2.75, 3.05) is 11.5 Å². The largest absolute Gasteiger partial charge is 0.466 e. The van der Waals surface area contributed by atoms with Crippen LogP contribution in [0, 0.1) is 11.8 Å². The fourth-order valence-corrected chi connectivity index (χ4v) is 4.50. The van der Waals surface area contributed by atoms with Crippen LogP contribution < -0.4 is 4.90 Å². The first kappa shape index (κ1) is 16.1. The summed E-state index contributed by atoms with van der Waals surface area (Å²) >= 11 is 0. The number of nitrogens with zero attached hydrogens (tertiary/aromatic N) is 1. The van der Waals surface area contributed by atoms with Crippen molar-refractivity contribution in [3.63, 3.8) is 0 Å². The molecule has 3 aliphatic heterocycles. The average Bonchev–Trinajstić information content (AvgIpc) is 3.25. The molecule has 0 aromatic heterocycles. The summed E-state index contributed by atoms with van der Waals surface area (Å²) in [5.41, 5.74) is 0.0228. The normalized spacial score (nSPS) is 35.1. The lowest BCUT2D eigenvalue weighted by Crippen LogP contribution is -2.45. The van der Waals surface area contributed by atoms with Crippen molar-refractivity contribution in [3.8, 4) is 0 Å². The third-order valence-electron chi connectivity index (χ3n) is 5.40. The number of anilines is 1. The van der Waals surface area contributed by atoms with E-state index in [2.05, 4.69) is 6.58 Å². The molecule has 2 bridgehead atoms. The first-order valence-electron chi connectivity index (χ1n) is 8.67. The Bertz CT molecular complexity index is 743. The second-order valence-corrected chi connectivity index (χ2v) is 6.63. The number of hydrogen-bond acceptors (Lipinski definition) is 4. The third kappa shape index (κ3) is 2.12. The molecular weight excluding hydrogens is 318 g/mol. The van der Waals surface area contributed by atoms with Crippen molar-refractivity contribution < 1.29 is 19.1 Å². The number of rotatable bonds is 5. The van der Waals surface area contributed by atoms with E-state index in [1.807, 2.05) is 42.5 Å². The number of para-hydroxylation sites is 1. The summed E-state index contributed by atoms with van der Waals surface area (Å²) in [5, 5.41) is 0.